The summed E-state index contributed by atoms with van der Waals surface area (Å²) in [5.74, 6) is 0.923. The molecule has 2 aromatic rings. The summed E-state index contributed by atoms with van der Waals surface area (Å²) in [6.07, 6.45) is 1.55. The van der Waals surface area contributed by atoms with Crippen molar-refractivity contribution < 1.29 is 9.84 Å². The molecule has 0 saturated carbocycles. The van der Waals surface area contributed by atoms with Crippen molar-refractivity contribution in [3.63, 3.8) is 0 Å². The van der Waals surface area contributed by atoms with E-state index in [1.54, 1.807) is 12.1 Å². The Balaban J connectivity index is 1.84. The van der Waals surface area contributed by atoms with E-state index in [9.17, 15) is 5.11 Å². The van der Waals surface area contributed by atoms with Crippen molar-refractivity contribution in [1.82, 2.24) is 10.6 Å². The Morgan fingerprint density at radius 1 is 1.12 bits per heavy atom. The first-order chi connectivity index (χ1) is 11.9. The lowest BCUT2D eigenvalue weighted by Gasteiger charge is -2.51. The number of phenolic OH excluding ortho intramolecular Hbond substituents is 1. The van der Waals surface area contributed by atoms with Crippen LogP contribution in [0.25, 0.3) is 0 Å². The number of ether oxygens (including phenoxy) is 1. The number of nitrogens with one attached hydrogen (secondary N) is 2. The molecule has 3 N–H and O–H groups in total. The van der Waals surface area contributed by atoms with E-state index in [-0.39, 0.29) is 22.9 Å². The van der Waals surface area contributed by atoms with Crippen LogP contribution in [0.2, 0.25) is 0 Å². The minimum Gasteiger partial charge on any atom is -0.508 e. The van der Waals surface area contributed by atoms with Crippen LogP contribution in [-0.2, 0) is 5.54 Å². The Hall–Kier alpha value is -2.27. The standard InChI is InChI=1S/C20H22N2O2S/c1-19(2)12-20(22-18(25)21-19)11-17(13-6-4-3-5-7-13)24-16-10-14(23)8-9-15(16)20/h3-10,17,23H,11-12H2,1-2H3,(H2,21,22,25)/t17-,20+/m1/s1. The van der Waals surface area contributed by atoms with Gasteiger partial charge in [0.2, 0.25) is 0 Å². The Morgan fingerprint density at radius 3 is 2.60 bits per heavy atom. The van der Waals surface area contributed by atoms with E-state index in [0.29, 0.717) is 10.9 Å². The highest BCUT2D eigenvalue weighted by atomic mass is 32.1. The summed E-state index contributed by atoms with van der Waals surface area (Å²) >= 11 is 5.51. The van der Waals surface area contributed by atoms with Gasteiger partial charge in [0.1, 0.15) is 17.6 Å². The molecule has 0 aromatic heterocycles. The van der Waals surface area contributed by atoms with Crippen LogP contribution in [0.3, 0.4) is 0 Å². The smallest absolute Gasteiger partial charge is 0.167 e. The summed E-state index contributed by atoms with van der Waals surface area (Å²) in [7, 11) is 0. The van der Waals surface area contributed by atoms with Crippen molar-refractivity contribution in [2.45, 2.75) is 43.9 Å². The highest BCUT2D eigenvalue weighted by molar-refractivity contribution is 7.80. The van der Waals surface area contributed by atoms with E-state index < -0.39 is 0 Å². The topological polar surface area (TPSA) is 53.5 Å². The first kappa shape index (κ1) is 16.2. The third-order valence-electron chi connectivity index (χ3n) is 5.00. The molecule has 0 unspecified atom stereocenters. The van der Waals surface area contributed by atoms with E-state index in [1.165, 1.54) is 0 Å². The third kappa shape index (κ3) is 2.93. The number of aromatic hydroxyl groups is 1. The maximum atomic E-state index is 9.95. The predicted octanol–water partition coefficient (Wildman–Crippen LogP) is 3.76. The summed E-state index contributed by atoms with van der Waals surface area (Å²) in [4.78, 5) is 0. The van der Waals surface area contributed by atoms with Crippen LogP contribution in [-0.4, -0.2) is 15.8 Å². The molecular weight excluding hydrogens is 332 g/mol. The number of hydrogen-bond donors (Lipinski definition) is 3. The quantitative estimate of drug-likeness (QED) is 0.681. The molecule has 2 aromatic carbocycles. The normalized spacial score (nSPS) is 27.0. The average molecular weight is 354 g/mol. The van der Waals surface area contributed by atoms with Crippen LogP contribution < -0.4 is 15.4 Å². The number of benzene rings is 2. The minimum absolute atomic E-state index is 0.0975. The lowest BCUT2D eigenvalue weighted by atomic mass is 9.72. The molecule has 2 atom stereocenters. The van der Waals surface area contributed by atoms with Crippen LogP contribution in [0.15, 0.2) is 48.5 Å². The molecule has 130 valence electrons. The zero-order valence-corrected chi connectivity index (χ0v) is 15.2. The molecule has 2 aliphatic heterocycles. The van der Waals surface area contributed by atoms with Gasteiger partial charge >= 0.3 is 0 Å². The van der Waals surface area contributed by atoms with Crippen molar-refractivity contribution in [3.8, 4) is 11.5 Å². The number of thiocarbonyl (C=S) groups is 1. The molecule has 1 spiro atoms. The summed E-state index contributed by atoms with van der Waals surface area (Å²) in [5, 5.41) is 17.5. The monoisotopic (exact) mass is 354 g/mol. The second-order valence-electron chi connectivity index (χ2n) is 7.62. The first-order valence-corrected chi connectivity index (χ1v) is 8.93. The molecule has 25 heavy (non-hydrogen) atoms. The largest absolute Gasteiger partial charge is 0.508 e. The van der Waals surface area contributed by atoms with Gasteiger partial charge in [-0.25, -0.2) is 0 Å². The van der Waals surface area contributed by atoms with Gasteiger partial charge in [0.05, 0.1) is 5.54 Å². The lowest BCUT2D eigenvalue weighted by Crippen LogP contribution is -2.65. The SMILES string of the molecule is CC1(C)C[C@]2(C[C@H](c3ccccc3)Oc3cc(O)ccc32)NC(=S)N1. The van der Waals surface area contributed by atoms with Crippen molar-refractivity contribution >= 4 is 17.3 Å². The number of fused-ring (bicyclic) bond motifs is 2. The maximum Gasteiger partial charge on any atom is 0.167 e. The summed E-state index contributed by atoms with van der Waals surface area (Å²) in [6.45, 7) is 4.32. The van der Waals surface area contributed by atoms with E-state index in [4.69, 9.17) is 17.0 Å². The maximum absolute atomic E-state index is 9.95. The summed E-state index contributed by atoms with van der Waals surface area (Å²) < 4.78 is 6.27. The Labute approximate surface area is 153 Å². The van der Waals surface area contributed by atoms with E-state index in [2.05, 4.69) is 36.6 Å². The molecule has 0 aliphatic carbocycles. The Morgan fingerprint density at radius 2 is 1.88 bits per heavy atom. The molecule has 0 amide bonds. The number of hydrogen-bond acceptors (Lipinski definition) is 3. The van der Waals surface area contributed by atoms with E-state index in [1.807, 2.05) is 24.3 Å². The third-order valence-corrected chi connectivity index (χ3v) is 5.21. The zero-order chi connectivity index (χ0) is 17.7. The van der Waals surface area contributed by atoms with Gasteiger partial charge in [0, 0.05) is 23.6 Å². The molecule has 1 saturated heterocycles. The van der Waals surface area contributed by atoms with Crippen molar-refractivity contribution in [1.29, 1.82) is 0 Å². The van der Waals surface area contributed by atoms with Crippen LogP contribution in [0.5, 0.6) is 11.5 Å². The van der Waals surface area contributed by atoms with Crippen LogP contribution in [0.1, 0.15) is 43.9 Å². The molecule has 2 heterocycles. The second kappa shape index (κ2) is 5.63. The van der Waals surface area contributed by atoms with Gasteiger partial charge in [0.25, 0.3) is 0 Å². The molecule has 4 nitrogen and oxygen atoms in total. The van der Waals surface area contributed by atoms with Gasteiger partial charge in [-0.2, -0.15) is 0 Å². The molecule has 0 radical (unpaired) electrons. The Kier molecular flexibility index (Phi) is 3.65. The highest BCUT2D eigenvalue weighted by Gasteiger charge is 2.48. The van der Waals surface area contributed by atoms with Gasteiger partial charge in [-0.1, -0.05) is 30.3 Å². The molecule has 5 heteroatoms. The number of phenols is 1. The van der Waals surface area contributed by atoms with E-state index >= 15 is 0 Å². The van der Waals surface area contributed by atoms with Crippen molar-refractivity contribution in [2.75, 3.05) is 0 Å². The number of rotatable bonds is 1. The highest BCUT2D eigenvalue weighted by Crippen LogP contribution is 2.49. The summed E-state index contributed by atoms with van der Waals surface area (Å²) in [6, 6.07) is 15.6. The second-order valence-corrected chi connectivity index (χ2v) is 8.03. The van der Waals surface area contributed by atoms with Gasteiger partial charge in [-0.15, -0.1) is 0 Å². The molecule has 1 fully saturated rings. The molecule has 2 aliphatic rings. The minimum atomic E-state index is -0.326. The Bertz CT molecular complexity index is 822. The molecule has 0 bridgehead atoms. The van der Waals surface area contributed by atoms with E-state index in [0.717, 1.165) is 24.0 Å². The van der Waals surface area contributed by atoms with Gasteiger partial charge in [0.15, 0.2) is 5.11 Å². The molecule has 4 rings (SSSR count). The lowest BCUT2D eigenvalue weighted by molar-refractivity contribution is 0.0869. The fraction of sp³-hybridized carbons (Fsp3) is 0.350. The van der Waals surface area contributed by atoms with Gasteiger partial charge in [-0.3, -0.25) is 0 Å². The van der Waals surface area contributed by atoms with Crippen LogP contribution >= 0.6 is 12.2 Å². The fourth-order valence-corrected chi connectivity index (χ4v) is 4.63. The van der Waals surface area contributed by atoms with Crippen LogP contribution in [0, 0.1) is 0 Å². The average Bonchev–Trinajstić information content (AvgIpc) is 2.53. The zero-order valence-electron chi connectivity index (χ0n) is 14.4. The van der Waals surface area contributed by atoms with Crippen molar-refractivity contribution in [2.24, 2.45) is 0 Å². The van der Waals surface area contributed by atoms with Crippen LogP contribution in [0.4, 0.5) is 0 Å². The first-order valence-electron chi connectivity index (χ1n) is 8.52. The van der Waals surface area contributed by atoms with Gasteiger partial charge in [-0.05, 0) is 50.2 Å². The fourth-order valence-electron chi connectivity index (χ4n) is 4.16. The molecular formula is C20H22N2O2S. The predicted molar refractivity (Wildman–Crippen MR) is 102 cm³/mol. The van der Waals surface area contributed by atoms with Gasteiger partial charge < -0.3 is 20.5 Å². The van der Waals surface area contributed by atoms with Crippen molar-refractivity contribution in [3.05, 3.63) is 59.7 Å². The summed E-state index contributed by atoms with van der Waals surface area (Å²) in [5.41, 5.74) is 1.72.